The van der Waals surface area contributed by atoms with Gasteiger partial charge in [-0.15, -0.1) is 5.73 Å². The van der Waals surface area contributed by atoms with E-state index in [2.05, 4.69) is 61.9 Å². The third-order valence-corrected chi connectivity index (χ3v) is 7.52. The lowest BCUT2D eigenvalue weighted by Gasteiger charge is -2.44. The summed E-state index contributed by atoms with van der Waals surface area (Å²) in [5.74, 6) is -0.142. The van der Waals surface area contributed by atoms with Crippen LogP contribution in [0.5, 0.6) is 0 Å². The molecule has 3 aromatic carbocycles. The second-order valence-corrected chi connectivity index (χ2v) is 10.1. The second-order valence-electron chi connectivity index (χ2n) is 10.1. The van der Waals surface area contributed by atoms with Gasteiger partial charge in [0.25, 0.3) is 5.56 Å². The Morgan fingerprint density at radius 2 is 1.44 bits per heavy atom. The maximum absolute atomic E-state index is 14.4. The molecule has 0 saturated heterocycles. The smallest absolute Gasteiger partial charge is 0.332 e. The molecule has 0 bridgehead atoms. The van der Waals surface area contributed by atoms with Gasteiger partial charge in [-0.25, -0.2) is 4.79 Å². The number of fused-ring (bicyclic) bond motifs is 1. The molecule has 5 rings (SSSR count). The molecule has 0 spiro atoms. The van der Waals surface area contributed by atoms with Gasteiger partial charge in [0.05, 0.1) is 23.8 Å². The average Bonchev–Trinajstić information content (AvgIpc) is 2.97. The van der Waals surface area contributed by atoms with Crippen molar-refractivity contribution >= 4 is 11.8 Å². The Kier molecular flexibility index (Phi) is 7.36. The molecule has 5 heteroatoms. The molecular formula is C34H33N3O2. The van der Waals surface area contributed by atoms with Crippen molar-refractivity contribution in [2.24, 2.45) is 0 Å². The molecule has 0 N–H and O–H groups in total. The molecule has 0 unspecified atom stereocenters. The van der Waals surface area contributed by atoms with E-state index in [9.17, 15) is 9.59 Å². The highest BCUT2D eigenvalue weighted by atomic mass is 16.2. The summed E-state index contributed by atoms with van der Waals surface area (Å²) in [6, 6.07) is 29.9. The van der Waals surface area contributed by atoms with E-state index in [-0.39, 0.29) is 35.8 Å². The van der Waals surface area contributed by atoms with Crippen LogP contribution in [0, 0.1) is 0 Å². The van der Waals surface area contributed by atoms with E-state index < -0.39 is 0 Å². The van der Waals surface area contributed by atoms with E-state index >= 15 is 0 Å². The minimum Gasteiger partial charge on any atom is -0.359 e. The Hall–Kier alpha value is -4.60. The van der Waals surface area contributed by atoms with E-state index in [0.717, 1.165) is 16.7 Å². The topological polar surface area (TPSA) is 47.2 Å². The van der Waals surface area contributed by atoms with Crippen molar-refractivity contribution in [1.82, 2.24) is 14.0 Å². The fourth-order valence-electron chi connectivity index (χ4n) is 5.70. The van der Waals surface area contributed by atoms with Crippen LogP contribution in [0.1, 0.15) is 53.8 Å². The Morgan fingerprint density at radius 3 is 1.92 bits per heavy atom. The van der Waals surface area contributed by atoms with Crippen LogP contribution in [-0.4, -0.2) is 26.6 Å². The van der Waals surface area contributed by atoms with Crippen LogP contribution < -0.4 is 11.2 Å². The number of aromatic nitrogens is 2. The Bertz CT molecular complexity index is 1600. The van der Waals surface area contributed by atoms with Crippen molar-refractivity contribution in [3.05, 3.63) is 159 Å². The van der Waals surface area contributed by atoms with Gasteiger partial charge in [-0.05, 0) is 30.5 Å². The van der Waals surface area contributed by atoms with Crippen LogP contribution in [-0.2, 0) is 6.54 Å². The van der Waals surface area contributed by atoms with Gasteiger partial charge in [0, 0.05) is 18.5 Å². The molecule has 196 valence electrons. The zero-order valence-corrected chi connectivity index (χ0v) is 22.5. The van der Waals surface area contributed by atoms with Gasteiger partial charge in [0.1, 0.15) is 5.70 Å². The largest absolute Gasteiger partial charge is 0.359 e. The molecule has 0 saturated carbocycles. The van der Waals surface area contributed by atoms with Gasteiger partial charge < -0.3 is 4.90 Å². The van der Waals surface area contributed by atoms with E-state index in [1.165, 1.54) is 4.57 Å². The maximum Gasteiger partial charge on any atom is 0.332 e. The van der Waals surface area contributed by atoms with Crippen molar-refractivity contribution < 1.29 is 0 Å². The Labute approximate surface area is 229 Å². The molecule has 0 radical (unpaired) electrons. The fourth-order valence-corrected chi connectivity index (χ4v) is 5.70. The molecular weight excluding hydrogens is 482 g/mol. The molecule has 1 aliphatic rings. The van der Waals surface area contributed by atoms with Gasteiger partial charge in [0.2, 0.25) is 0 Å². The summed E-state index contributed by atoms with van der Waals surface area (Å²) in [4.78, 5) is 30.5. The van der Waals surface area contributed by atoms with Crippen molar-refractivity contribution in [2.45, 2.75) is 38.4 Å². The fraction of sp³-hybridized carbons (Fsp3) is 0.206. The summed E-state index contributed by atoms with van der Waals surface area (Å²) in [6.07, 6.45) is 1.56. The summed E-state index contributed by atoms with van der Waals surface area (Å²) in [5.41, 5.74) is 7.00. The third kappa shape index (κ3) is 4.73. The number of nitrogens with zero attached hydrogens (tertiary/aromatic N) is 3. The SMILES string of the molecule is C=C=C1c2c(C=C)c(=O)n(Cc3ccccc3)c(=O)n2[C@@H](C(c2ccccc2)c2ccccc2)CN1C(C)C. The Morgan fingerprint density at radius 1 is 0.897 bits per heavy atom. The van der Waals surface area contributed by atoms with E-state index in [4.69, 9.17) is 0 Å². The lowest BCUT2D eigenvalue weighted by atomic mass is 9.83. The van der Waals surface area contributed by atoms with Gasteiger partial charge >= 0.3 is 5.69 Å². The molecule has 39 heavy (non-hydrogen) atoms. The highest BCUT2D eigenvalue weighted by molar-refractivity contribution is 5.71. The molecule has 1 aromatic heterocycles. The van der Waals surface area contributed by atoms with Crippen LogP contribution in [0.3, 0.4) is 0 Å². The average molecular weight is 516 g/mol. The van der Waals surface area contributed by atoms with Crippen LogP contribution >= 0.6 is 0 Å². The van der Waals surface area contributed by atoms with Crippen LogP contribution in [0.25, 0.3) is 11.8 Å². The molecule has 5 nitrogen and oxygen atoms in total. The summed E-state index contributed by atoms with van der Waals surface area (Å²) >= 11 is 0. The van der Waals surface area contributed by atoms with Crippen molar-refractivity contribution in [3.8, 4) is 0 Å². The van der Waals surface area contributed by atoms with Crippen molar-refractivity contribution in [3.63, 3.8) is 0 Å². The first-order valence-corrected chi connectivity index (χ1v) is 13.3. The van der Waals surface area contributed by atoms with E-state index in [1.807, 2.05) is 66.7 Å². The van der Waals surface area contributed by atoms with Gasteiger partial charge in [0.15, 0.2) is 0 Å². The first-order valence-electron chi connectivity index (χ1n) is 13.3. The van der Waals surface area contributed by atoms with Gasteiger partial charge in [-0.3, -0.25) is 13.9 Å². The molecule has 0 aliphatic carbocycles. The van der Waals surface area contributed by atoms with Crippen LogP contribution in [0.15, 0.2) is 119 Å². The van der Waals surface area contributed by atoms with Crippen LogP contribution in [0.4, 0.5) is 0 Å². The number of rotatable bonds is 7. The van der Waals surface area contributed by atoms with Crippen LogP contribution in [0.2, 0.25) is 0 Å². The highest BCUT2D eigenvalue weighted by Crippen LogP contribution is 2.41. The first kappa shape index (κ1) is 26.0. The molecule has 1 atom stereocenters. The molecule has 2 heterocycles. The number of hydrogen-bond donors (Lipinski definition) is 0. The predicted octanol–water partition coefficient (Wildman–Crippen LogP) is 5.92. The molecule has 0 amide bonds. The Balaban J connectivity index is 1.86. The summed E-state index contributed by atoms with van der Waals surface area (Å²) in [5, 5.41) is 0. The van der Waals surface area contributed by atoms with Gasteiger partial charge in [-0.2, -0.15) is 0 Å². The molecule has 0 fully saturated rings. The quantitative estimate of drug-likeness (QED) is 0.287. The second kappa shape index (κ2) is 11.0. The summed E-state index contributed by atoms with van der Waals surface area (Å²) < 4.78 is 3.14. The van der Waals surface area contributed by atoms with Crippen molar-refractivity contribution in [1.29, 1.82) is 0 Å². The number of benzene rings is 3. The zero-order valence-electron chi connectivity index (χ0n) is 22.5. The zero-order chi connectivity index (χ0) is 27.5. The van der Waals surface area contributed by atoms with Gasteiger partial charge in [-0.1, -0.05) is 110 Å². The normalized spacial score (nSPS) is 14.8. The standard InChI is InChI=1S/C34H33N3O2/c1-5-28-32-29(6-2)35(24(3)4)23-30(31(26-18-12-8-13-19-26)27-20-14-9-15-21-27)37(32)34(39)36(33(28)38)22-25-16-10-7-11-17-25/h5,7-21,24,30-31H,1-2,22-23H2,3-4H3/t30-/m1/s1. The lowest BCUT2D eigenvalue weighted by Crippen LogP contribution is -2.52. The maximum atomic E-state index is 14.4. The van der Waals surface area contributed by atoms with E-state index in [1.54, 1.807) is 10.6 Å². The third-order valence-electron chi connectivity index (χ3n) is 7.52. The minimum atomic E-state index is -0.363. The summed E-state index contributed by atoms with van der Waals surface area (Å²) in [7, 11) is 0. The molecule has 4 aromatic rings. The predicted molar refractivity (Wildman–Crippen MR) is 159 cm³/mol. The molecule has 1 aliphatic heterocycles. The summed E-state index contributed by atoms with van der Waals surface area (Å²) in [6.45, 7) is 12.9. The first-order chi connectivity index (χ1) is 19.0. The number of hydrogen-bond acceptors (Lipinski definition) is 3. The monoisotopic (exact) mass is 515 g/mol. The lowest BCUT2D eigenvalue weighted by molar-refractivity contribution is 0.230. The highest BCUT2D eigenvalue weighted by Gasteiger charge is 2.39. The van der Waals surface area contributed by atoms with Crippen molar-refractivity contribution in [2.75, 3.05) is 6.54 Å². The van der Waals surface area contributed by atoms with E-state index in [0.29, 0.717) is 23.5 Å². The minimum absolute atomic E-state index is 0.0946.